The molecule has 3 nitrogen and oxygen atoms in total. The largest absolute Gasteiger partial charge is 0.344 e. The zero-order valence-corrected chi connectivity index (χ0v) is 9.39. The van der Waals surface area contributed by atoms with Crippen LogP contribution in [0.4, 0.5) is 0 Å². The molecule has 4 heteroatoms. The summed E-state index contributed by atoms with van der Waals surface area (Å²) in [5, 5.41) is 5.82. The van der Waals surface area contributed by atoms with E-state index in [-0.39, 0.29) is 11.9 Å². The maximum absolute atomic E-state index is 11.2. The van der Waals surface area contributed by atoms with Crippen LogP contribution in [0.15, 0.2) is 17.5 Å². The maximum atomic E-state index is 11.2. The fourth-order valence-corrected chi connectivity index (χ4v) is 1.77. The normalized spacial score (nSPS) is 13.1. The molecule has 0 aliphatic carbocycles. The lowest BCUT2D eigenvalue weighted by Gasteiger charge is -2.08. The van der Waals surface area contributed by atoms with Crippen molar-refractivity contribution >= 4 is 17.2 Å². The quantitative estimate of drug-likeness (QED) is 0.777. The summed E-state index contributed by atoms with van der Waals surface area (Å²) in [4.78, 5) is 15.5. The number of aromatic nitrogens is 1. The van der Waals surface area contributed by atoms with Gasteiger partial charge in [0, 0.05) is 5.38 Å². The van der Waals surface area contributed by atoms with Crippen molar-refractivity contribution in [3.63, 3.8) is 0 Å². The number of allylic oxidation sites excluding steroid dienone is 1. The van der Waals surface area contributed by atoms with Gasteiger partial charge in [-0.15, -0.1) is 11.3 Å². The Morgan fingerprint density at radius 2 is 2.43 bits per heavy atom. The molecule has 76 valence electrons. The van der Waals surface area contributed by atoms with Crippen molar-refractivity contribution < 1.29 is 4.79 Å². The third kappa shape index (κ3) is 2.96. The fourth-order valence-electron chi connectivity index (χ4n) is 1.07. The average molecular weight is 210 g/mol. The van der Waals surface area contributed by atoms with Crippen LogP contribution < -0.4 is 5.32 Å². The van der Waals surface area contributed by atoms with Gasteiger partial charge < -0.3 is 5.32 Å². The summed E-state index contributed by atoms with van der Waals surface area (Å²) in [5.74, 6) is -0.0781. The molecular formula is C10H14N2OS. The van der Waals surface area contributed by atoms with E-state index >= 15 is 0 Å². The highest BCUT2D eigenvalue weighted by Gasteiger charge is 2.09. The Morgan fingerprint density at radius 1 is 1.71 bits per heavy atom. The van der Waals surface area contributed by atoms with E-state index in [1.807, 2.05) is 26.2 Å². The summed E-state index contributed by atoms with van der Waals surface area (Å²) in [6.07, 6.45) is 3.23. The summed E-state index contributed by atoms with van der Waals surface area (Å²) in [6.45, 7) is 5.70. The SMILES string of the molecule is C/C=C/C(=O)NC(C)c1csc(C)n1. The zero-order valence-electron chi connectivity index (χ0n) is 8.57. The standard InChI is InChI=1S/C10H14N2OS/c1-4-5-10(13)11-7(2)9-6-14-8(3)12-9/h4-7H,1-3H3,(H,11,13)/b5-4+. The number of hydrogen-bond acceptors (Lipinski definition) is 3. The lowest BCUT2D eigenvalue weighted by atomic mass is 10.2. The van der Waals surface area contributed by atoms with Gasteiger partial charge in [0.1, 0.15) is 0 Å². The molecule has 0 radical (unpaired) electrons. The molecule has 0 fully saturated rings. The van der Waals surface area contributed by atoms with Gasteiger partial charge in [-0.1, -0.05) is 6.08 Å². The van der Waals surface area contributed by atoms with Crippen LogP contribution in [0.3, 0.4) is 0 Å². The van der Waals surface area contributed by atoms with Crippen molar-refractivity contribution in [3.8, 4) is 0 Å². The Morgan fingerprint density at radius 3 is 2.93 bits per heavy atom. The van der Waals surface area contributed by atoms with Gasteiger partial charge in [0.15, 0.2) is 0 Å². The van der Waals surface area contributed by atoms with Crippen LogP contribution in [0.5, 0.6) is 0 Å². The molecule has 1 unspecified atom stereocenters. The fraction of sp³-hybridized carbons (Fsp3) is 0.400. The van der Waals surface area contributed by atoms with E-state index in [0.717, 1.165) is 10.7 Å². The lowest BCUT2D eigenvalue weighted by molar-refractivity contribution is -0.117. The predicted octanol–water partition coefficient (Wildman–Crippen LogP) is 2.20. The van der Waals surface area contributed by atoms with Crippen LogP contribution in [0.25, 0.3) is 0 Å². The molecule has 0 aliphatic heterocycles. The number of thiazole rings is 1. The topological polar surface area (TPSA) is 42.0 Å². The van der Waals surface area contributed by atoms with Crippen molar-refractivity contribution in [1.82, 2.24) is 10.3 Å². The highest BCUT2D eigenvalue weighted by atomic mass is 32.1. The Balaban J connectivity index is 2.58. The predicted molar refractivity (Wildman–Crippen MR) is 58.2 cm³/mol. The van der Waals surface area contributed by atoms with Crippen LogP contribution in [0, 0.1) is 6.92 Å². The smallest absolute Gasteiger partial charge is 0.244 e. The lowest BCUT2D eigenvalue weighted by Crippen LogP contribution is -2.24. The second-order valence-electron chi connectivity index (χ2n) is 3.02. The molecule has 1 amide bonds. The molecular weight excluding hydrogens is 196 g/mol. The third-order valence-corrected chi connectivity index (χ3v) is 2.55. The third-order valence-electron chi connectivity index (χ3n) is 1.76. The molecule has 1 rings (SSSR count). The van der Waals surface area contributed by atoms with E-state index in [1.165, 1.54) is 6.08 Å². The number of carbonyl (C=O) groups is 1. The first-order valence-electron chi connectivity index (χ1n) is 4.48. The van der Waals surface area contributed by atoms with E-state index in [2.05, 4.69) is 10.3 Å². The monoisotopic (exact) mass is 210 g/mol. The average Bonchev–Trinajstić information content (AvgIpc) is 2.52. The molecule has 0 spiro atoms. The van der Waals surface area contributed by atoms with Gasteiger partial charge in [0.05, 0.1) is 16.7 Å². The summed E-state index contributed by atoms with van der Waals surface area (Å²) < 4.78 is 0. The Kier molecular flexibility index (Phi) is 3.83. The first kappa shape index (κ1) is 10.9. The van der Waals surface area contributed by atoms with E-state index in [4.69, 9.17) is 0 Å². The van der Waals surface area contributed by atoms with Gasteiger partial charge in [0.25, 0.3) is 0 Å². The molecule has 0 saturated carbocycles. The minimum absolute atomic E-state index is 0.0244. The maximum Gasteiger partial charge on any atom is 0.244 e. The number of aryl methyl sites for hydroxylation is 1. The molecule has 14 heavy (non-hydrogen) atoms. The molecule has 1 aromatic rings. The van der Waals surface area contributed by atoms with Crippen LogP contribution in [0.1, 0.15) is 30.6 Å². The van der Waals surface area contributed by atoms with Gasteiger partial charge in [-0.2, -0.15) is 0 Å². The molecule has 1 atom stereocenters. The molecule has 1 N–H and O–H groups in total. The summed E-state index contributed by atoms with van der Waals surface area (Å²) >= 11 is 1.59. The highest BCUT2D eigenvalue weighted by molar-refractivity contribution is 7.09. The first-order chi connectivity index (χ1) is 6.63. The molecule has 1 aromatic heterocycles. The molecule has 0 aliphatic rings. The second-order valence-corrected chi connectivity index (χ2v) is 4.08. The minimum Gasteiger partial charge on any atom is -0.344 e. The number of hydrogen-bond donors (Lipinski definition) is 1. The Hall–Kier alpha value is -1.16. The van der Waals surface area contributed by atoms with Crippen LogP contribution in [-0.4, -0.2) is 10.9 Å². The van der Waals surface area contributed by atoms with E-state index in [1.54, 1.807) is 17.4 Å². The number of nitrogens with one attached hydrogen (secondary N) is 1. The van der Waals surface area contributed by atoms with Gasteiger partial charge in [0.2, 0.25) is 5.91 Å². The van der Waals surface area contributed by atoms with E-state index in [9.17, 15) is 4.79 Å². The molecule has 0 aromatic carbocycles. The number of rotatable bonds is 3. The molecule has 1 heterocycles. The van der Waals surface area contributed by atoms with Crippen molar-refractivity contribution in [2.75, 3.05) is 0 Å². The number of nitrogens with zero attached hydrogens (tertiary/aromatic N) is 1. The molecule has 0 bridgehead atoms. The molecule has 0 saturated heterocycles. The van der Waals surface area contributed by atoms with Crippen LogP contribution in [-0.2, 0) is 4.79 Å². The van der Waals surface area contributed by atoms with E-state index < -0.39 is 0 Å². The van der Waals surface area contributed by atoms with Crippen molar-refractivity contribution in [1.29, 1.82) is 0 Å². The Labute approximate surface area is 87.9 Å². The number of amides is 1. The van der Waals surface area contributed by atoms with Gasteiger partial charge in [-0.25, -0.2) is 4.98 Å². The summed E-state index contributed by atoms with van der Waals surface area (Å²) in [7, 11) is 0. The van der Waals surface area contributed by atoms with Crippen LogP contribution in [0.2, 0.25) is 0 Å². The van der Waals surface area contributed by atoms with Crippen molar-refractivity contribution in [3.05, 3.63) is 28.2 Å². The van der Waals surface area contributed by atoms with Crippen LogP contribution >= 0.6 is 11.3 Å². The highest BCUT2D eigenvalue weighted by Crippen LogP contribution is 2.15. The van der Waals surface area contributed by atoms with Crippen molar-refractivity contribution in [2.24, 2.45) is 0 Å². The number of carbonyl (C=O) groups excluding carboxylic acids is 1. The minimum atomic E-state index is -0.0781. The first-order valence-corrected chi connectivity index (χ1v) is 5.36. The Bertz CT molecular complexity index is 344. The van der Waals surface area contributed by atoms with Gasteiger partial charge in [-0.05, 0) is 26.8 Å². The van der Waals surface area contributed by atoms with E-state index in [0.29, 0.717) is 0 Å². The van der Waals surface area contributed by atoms with Gasteiger partial charge >= 0.3 is 0 Å². The van der Waals surface area contributed by atoms with Gasteiger partial charge in [-0.3, -0.25) is 4.79 Å². The van der Waals surface area contributed by atoms with Crippen molar-refractivity contribution in [2.45, 2.75) is 26.8 Å². The zero-order chi connectivity index (χ0) is 10.6. The summed E-state index contributed by atoms with van der Waals surface area (Å²) in [5.41, 5.74) is 0.922. The second kappa shape index (κ2) is 4.91. The summed E-state index contributed by atoms with van der Waals surface area (Å²) in [6, 6.07) is -0.0244.